The summed E-state index contributed by atoms with van der Waals surface area (Å²) < 4.78 is 41.1. The van der Waals surface area contributed by atoms with Gasteiger partial charge in [-0.1, -0.05) is 78.9 Å². The fourth-order valence-corrected chi connectivity index (χ4v) is 5.79. The Bertz CT molecular complexity index is 1470. The van der Waals surface area contributed by atoms with E-state index in [1.54, 1.807) is 112 Å². The van der Waals surface area contributed by atoms with Gasteiger partial charge in [-0.3, -0.25) is 4.79 Å². The van der Waals surface area contributed by atoms with E-state index in [0.717, 1.165) is 11.1 Å². The van der Waals surface area contributed by atoms with Crippen molar-refractivity contribution in [2.24, 2.45) is 0 Å². The number of rotatable bonds is 8. The predicted octanol–water partition coefficient (Wildman–Crippen LogP) is 7.33. The first-order valence-electron chi connectivity index (χ1n) is 12.9. The second-order valence-corrected chi connectivity index (χ2v) is 12.0. The number of nitrogens with zero attached hydrogens (tertiary/aromatic N) is 1. The fourth-order valence-electron chi connectivity index (χ4n) is 3.90. The van der Waals surface area contributed by atoms with E-state index in [1.807, 2.05) is 0 Å². The zero-order valence-electron chi connectivity index (χ0n) is 22.9. The molecule has 212 valence electrons. The lowest BCUT2D eigenvalue weighted by molar-refractivity contribution is 0.0444. The van der Waals surface area contributed by atoms with Crippen LogP contribution in [0.1, 0.15) is 42.5 Å². The summed E-state index contributed by atoms with van der Waals surface area (Å²) in [7, 11) is -4.26. The van der Waals surface area contributed by atoms with E-state index >= 15 is 0 Å². The van der Waals surface area contributed by atoms with Crippen molar-refractivity contribution in [1.82, 2.24) is 15.8 Å². The van der Waals surface area contributed by atoms with E-state index < -0.39 is 36.7 Å². The van der Waals surface area contributed by atoms with Crippen molar-refractivity contribution in [3.63, 3.8) is 0 Å². The van der Waals surface area contributed by atoms with Crippen LogP contribution in [0.2, 0.25) is 0 Å². The average molecular weight is 576 g/mol. The molecule has 8 nitrogen and oxygen atoms in total. The van der Waals surface area contributed by atoms with Gasteiger partial charge in [0.2, 0.25) is 0 Å². The molecule has 0 radical (unpaired) electrons. The van der Waals surface area contributed by atoms with Crippen LogP contribution in [0.15, 0.2) is 115 Å². The first-order chi connectivity index (χ1) is 19.6. The summed E-state index contributed by atoms with van der Waals surface area (Å²) >= 11 is 0. The Labute approximate surface area is 238 Å². The molecule has 4 aromatic carbocycles. The van der Waals surface area contributed by atoms with Crippen LogP contribution in [0.25, 0.3) is 0 Å². The van der Waals surface area contributed by atoms with Crippen molar-refractivity contribution in [3.8, 4) is 11.5 Å². The highest BCUT2D eigenvalue weighted by Gasteiger charge is 2.43. The Kier molecular flexibility index (Phi) is 9.10. The van der Waals surface area contributed by atoms with Crippen molar-refractivity contribution in [3.05, 3.63) is 132 Å². The van der Waals surface area contributed by atoms with Gasteiger partial charge in [0, 0.05) is 0 Å². The van der Waals surface area contributed by atoms with Crippen LogP contribution >= 0.6 is 7.60 Å². The number of amides is 3. The number of hydrogen-bond donors (Lipinski definition) is 2. The molecule has 0 aliphatic carbocycles. The third kappa shape index (κ3) is 7.52. The normalized spacial score (nSPS) is 12.1. The molecule has 0 saturated heterocycles. The van der Waals surface area contributed by atoms with Crippen LogP contribution in [0.4, 0.5) is 9.18 Å². The zero-order chi connectivity index (χ0) is 29.5. The van der Waals surface area contributed by atoms with Crippen molar-refractivity contribution in [1.29, 1.82) is 0 Å². The number of hydrogen-bond acceptors (Lipinski definition) is 5. The smallest absolute Gasteiger partial charge is 0.414 e. The van der Waals surface area contributed by atoms with E-state index in [9.17, 15) is 18.5 Å². The molecule has 2 N–H and O–H groups in total. The Morgan fingerprint density at radius 3 is 1.71 bits per heavy atom. The van der Waals surface area contributed by atoms with Crippen molar-refractivity contribution >= 4 is 19.5 Å². The second-order valence-electron chi connectivity index (χ2n) is 10.0. The maximum absolute atomic E-state index is 14.7. The molecule has 0 saturated carbocycles. The lowest BCUT2D eigenvalue weighted by Gasteiger charge is -2.36. The summed E-state index contributed by atoms with van der Waals surface area (Å²) in [4.78, 5) is 26.8. The Hall–Kier alpha value is -4.62. The molecule has 0 unspecified atom stereocenters. The summed E-state index contributed by atoms with van der Waals surface area (Å²) in [6.07, 6.45) is 0. The summed E-state index contributed by atoms with van der Waals surface area (Å²) in [5.41, 5.74) is 1.78. The van der Waals surface area contributed by atoms with Gasteiger partial charge in [0.25, 0.3) is 5.91 Å². The highest BCUT2D eigenvalue weighted by atomic mass is 31.2. The summed E-state index contributed by atoms with van der Waals surface area (Å²) in [5, 5.41) is 3.70. The van der Waals surface area contributed by atoms with E-state index in [1.165, 1.54) is 18.2 Å². The molecular weight excluding hydrogens is 544 g/mol. The van der Waals surface area contributed by atoms with Gasteiger partial charge in [-0.05, 0) is 62.7 Å². The summed E-state index contributed by atoms with van der Waals surface area (Å²) in [6, 6.07) is 30.1. The molecule has 0 fully saturated rings. The van der Waals surface area contributed by atoms with E-state index in [2.05, 4.69) is 10.7 Å². The second kappa shape index (κ2) is 12.7. The summed E-state index contributed by atoms with van der Waals surface area (Å²) in [6.45, 7) is 5.05. The predicted molar refractivity (Wildman–Crippen MR) is 155 cm³/mol. The minimum absolute atomic E-state index is 0.215. The van der Waals surface area contributed by atoms with Gasteiger partial charge >= 0.3 is 13.6 Å². The van der Waals surface area contributed by atoms with Crippen LogP contribution in [0, 0.1) is 5.82 Å². The van der Waals surface area contributed by atoms with Gasteiger partial charge in [-0.15, -0.1) is 0 Å². The monoisotopic (exact) mass is 575 g/mol. The highest BCUT2D eigenvalue weighted by molar-refractivity contribution is 7.55. The SMILES string of the molecule is CC(C)(C)N(NC(=O)N[C@H](c1ccccc1)P(=O)(Oc1ccccc1)Oc1ccccc1)C(=O)c1ccccc1F. The van der Waals surface area contributed by atoms with E-state index in [4.69, 9.17) is 9.05 Å². The number of carbonyl (C=O) groups excluding carboxylic acids is 2. The molecule has 1 atom stereocenters. The van der Waals surface area contributed by atoms with Crippen molar-refractivity contribution < 1.29 is 27.6 Å². The first kappa shape index (κ1) is 29.4. The van der Waals surface area contributed by atoms with E-state index in [0.29, 0.717) is 5.56 Å². The van der Waals surface area contributed by atoms with Gasteiger partial charge in [0.1, 0.15) is 17.3 Å². The zero-order valence-corrected chi connectivity index (χ0v) is 23.8. The van der Waals surface area contributed by atoms with Crippen molar-refractivity contribution in [2.45, 2.75) is 32.1 Å². The van der Waals surface area contributed by atoms with Crippen LogP contribution in [0.3, 0.4) is 0 Å². The van der Waals surface area contributed by atoms with Gasteiger partial charge in [-0.2, -0.15) is 0 Å². The summed E-state index contributed by atoms with van der Waals surface area (Å²) in [5.74, 6) is -2.27. The van der Waals surface area contributed by atoms with Gasteiger partial charge in [-0.25, -0.2) is 24.2 Å². The molecule has 0 aliphatic rings. The highest BCUT2D eigenvalue weighted by Crippen LogP contribution is 2.58. The number of nitrogens with one attached hydrogen (secondary N) is 2. The van der Waals surface area contributed by atoms with Gasteiger partial charge in [0.05, 0.1) is 11.1 Å². The lowest BCUT2D eigenvalue weighted by Crippen LogP contribution is -2.58. The fraction of sp³-hybridized carbons (Fsp3) is 0.161. The first-order valence-corrected chi connectivity index (χ1v) is 14.5. The minimum atomic E-state index is -4.26. The molecule has 0 bridgehead atoms. The van der Waals surface area contributed by atoms with Crippen LogP contribution in [-0.2, 0) is 4.57 Å². The third-order valence-corrected chi connectivity index (χ3v) is 7.83. The van der Waals surface area contributed by atoms with Crippen LogP contribution < -0.4 is 19.8 Å². The lowest BCUT2D eigenvalue weighted by atomic mass is 10.1. The number of carbonyl (C=O) groups is 2. The van der Waals surface area contributed by atoms with Crippen LogP contribution in [-0.4, -0.2) is 22.5 Å². The number of urea groups is 1. The maximum atomic E-state index is 14.7. The number of hydrazine groups is 1. The molecule has 0 aliphatic heterocycles. The molecule has 0 heterocycles. The molecule has 4 aromatic rings. The molecule has 0 aromatic heterocycles. The minimum Gasteiger partial charge on any atom is -0.414 e. The standard InChI is InChI=1S/C31H31FN3O5P/c1-31(2,3)35(29(36)26-21-13-14-22-27(26)32)34-30(37)33-28(23-15-7-4-8-16-23)41(38,39-24-17-9-5-10-18-24)40-25-19-11-6-12-20-25/h4-22,28H,1-3H3,(H2,33,34,37)/t28-/m0/s1. The maximum Gasteiger partial charge on any atom is 0.457 e. The van der Waals surface area contributed by atoms with Crippen LogP contribution in [0.5, 0.6) is 11.5 Å². The molecule has 4 rings (SSSR count). The third-order valence-electron chi connectivity index (χ3n) is 5.84. The largest absolute Gasteiger partial charge is 0.457 e. The Balaban J connectivity index is 1.70. The van der Waals surface area contributed by atoms with Gasteiger partial charge in [0.15, 0.2) is 5.78 Å². The van der Waals surface area contributed by atoms with Crippen molar-refractivity contribution in [2.75, 3.05) is 0 Å². The molecular formula is C31H31FN3O5P. The Morgan fingerprint density at radius 1 is 0.756 bits per heavy atom. The molecule has 10 heteroatoms. The average Bonchev–Trinajstić information content (AvgIpc) is 2.95. The van der Waals surface area contributed by atoms with E-state index in [-0.39, 0.29) is 17.1 Å². The number of para-hydroxylation sites is 2. The molecule has 3 amide bonds. The van der Waals surface area contributed by atoms with Gasteiger partial charge < -0.3 is 14.4 Å². The molecule has 0 spiro atoms. The quantitative estimate of drug-likeness (QED) is 0.169. The topological polar surface area (TPSA) is 97.0 Å². The number of benzene rings is 4. The molecule has 41 heavy (non-hydrogen) atoms. The Morgan fingerprint density at radius 2 is 1.22 bits per heavy atom. The number of halogens is 1.